The van der Waals surface area contributed by atoms with Crippen LogP contribution in [0.2, 0.25) is 0 Å². The Kier molecular flexibility index (Phi) is 9.84. The van der Waals surface area contributed by atoms with Crippen molar-refractivity contribution in [1.29, 1.82) is 0 Å². The SMILES string of the molecule is CCOc1ccc2nc(N(CCN(CC)CC)C(=O)CCSc3ccc(OC)cc3)sc2c1. The normalized spacial score (nSPS) is 11.2. The van der Waals surface area contributed by atoms with Gasteiger partial charge in [-0.25, -0.2) is 4.98 Å². The number of carbonyl (C=O) groups is 1. The maximum atomic E-state index is 13.3. The smallest absolute Gasteiger partial charge is 0.229 e. The number of aromatic nitrogens is 1. The van der Waals surface area contributed by atoms with Crippen molar-refractivity contribution in [2.75, 3.05) is 50.5 Å². The summed E-state index contributed by atoms with van der Waals surface area (Å²) in [5.41, 5.74) is 0.895. The number of anilines is 1. The molecule has 3 rings (SSSR count). The minimum absolute atomic E-state index is 0.104. The van der Waals surface area contributed by atoms with Crippen LogP contribution in [0.5, 0.6) is 11.5 Å². The van der Waals surface area contributed by atoms with E-state index in [0.29, 0.717) is 25.3 Å². The number of nitrogens with zero attached hydrogens (tertiary/aromatic N) is 3. The Bertz CT molecular complexity index is 1020. The molecule has 0 saturated heterocycles. The Morgan fingerprint density at radius 1 is 1.03 bits per heavy atom. The molecule has 1 heterocycles. The van der Waals surface area contributed by atoms with Crippen molar-refractivity contribution in [1.82, 2.24) is 9.88 Å². The van der Waals surface area contributed by atoms with Gasteiger partial charge >= 0.3 is 0 Å². The molecule has 6 nitrogen and oxygen atoms in total. The molecule has 0 aliphatic rings. The first kappa shape index (κ1) is 25.3. The van der Waals surface area contributed by atoms with Gasteiger partial charge in [0.2, 0.25) is 5.91 Å². The Hall–Kier alpha value is -2.29. The molecule has 0 unspecified atom stereocenters. The average Bonchev–Trinajstić information content (AvgIpc) is 3.25. The van der Waals surface area contributed by atoms with Crippen LogP contribution in [0.1, 0.15) is 27.2 Å². The van der Waals surface area contributed by atoms with Crippen molar-refractivity contribution >= 4 is 44.4 Å². The first-order chi connectivity index (χ1) is 16.1. The van der Waals surface area contributed by atoms with Crippen molar-refractivity contribution in [2.24, 2.45) is 0 Å². The predicted octanol–water partition coefficient (Wildman–Crippen LogP) is 5.56. The monoisotopic (exact) mass is 487 g/mol. The van der Waals surface area contributed by atoms with Crippen LogP contribution < -0.4 is 14.4 Å². The van der Waals surface area contributed by atoms with Crippen LogP contribution in [-0.2, 0) is 4.79 Å². The highest BCUT2D eigenvalue weighted by Gasteiger charge is 2.20. The molecule has 0 aliphatic heterocycles. The van der Waals surface area contributed by atoms with Gasteiger partial charge in [-0.1, -0.05) is 25.2 Å². The summed E-state index contributed by atoms with van der Waals surface area (Å²) in [4.78, 5) is 23.4. The van der Waals surface area contributed by atoms with Gasteiger partial charge in [-0.2, -0.15) is 0 Å². The topological polar surface area (TPSA) is 54.9 Å². The minimum atomic E-state index is 0.104. The number of hydrogen-bond donors (Lipinski definition) is 0. The molecule has 0 aliphatic carbocycles. The quantitative estimate of drug-likeness (QED) is 0.294. The summed E-state index contributed by atoms with van der Waals surface area (Å²) in [6, 6.07) is 13.8. The molecule has 0 atom stereocenters. The fourth-order valence-corrected chi connectivity index (χ4v) is 5.31. The van der Waals surface area contributed by atoms with Gasteiger partial charge in [-0.05, 0) is 62.5 Å². The largest absolute Gasteiger partial charge is 0.497 e. The molecule has 0 fully saturated rings. The highest BCUT2D eigenvalue weighted by Crippen LogP contribution is 2.32. The molecule has 33 heavy (non-hydrogen) atoms. The van der Waals surface area contributed by atoms with Gasteiger partial charge in [0.05, 0.1) is 23.9 Å². The number of benzene rings is 2. The second kappa shape index (κ2) is 12.8. The molecule has 1 aromatic heterocycles. The Morgan fingerprint density at radius 3 is 2.42 bits per heavy atom. The van der Waals surface area contributed by atoms with Gasteiger partial charge in [-0.15, -0.1) is 11.8 Å². The van der Waals surface area contributed by atoms with E-state index >= 15 is 0 Å². The fourth-order valence-electron chi connectivity index (χ4n) is 3.44. The lowest BCUT2D eigenvalue weighted by Gasteiger charge is -2.24. The third-order valence-corrected chi connectivity index (χ3v) is 7.42. The predicted molar refractivity (Wildman–Crippen MR) is 139 cm³/mol. The number of fused-ring (bicyclic) bond motifs is 1. The van der Waals surface area contributed by atoms with Crippen LogP contribution in [0, 0.1) is 0 Å². The molecular weight excluding hydrogens is 454 g/mol. The maximum absolute atomic E-state index is 13.3. The second-order valence-electron chi connectivity index (χ2n) is 7.41. The lowest BCUT2D eigenvalue weighted by atomic mass is 10.3. The van der Waals surface area contributed by atoms with E-state index in [9.17, 15) is 4.79 Å². The second-order valence-corrected chi connectivity index (χ2v) is 9.58. The van der Waals surface area contributed by atoms with Crippen LogP contribution in [-0.4, -0.2) is 61.4 Å². The lowest BCUT2D eigenvalue weighted by Crippen LogP contribution is -2.39. The molecule has 0 N–H and O–H groups in total. The molecule has 8 heteroatoms. The molecule has 1 amide bonds. The Labute approximate surface area is 204 Å². The number of thiazole rings is 1. The third-order valence-electron chi connectivity index (χ3n) is 5.37. The van der Waals surface area contributed by atoms with E-state index < -0.39 is 0 Å². The Balaban J connectivity index is 1.72. The summed E-state index contributed by atoms with van der Waals surface area (Å²) in [6.07, 6.45) is 0.453. The van der Waals surface area contributed by atoms with Crippen LogP contribution in [0.15, 0.2) is 47.4 Å². The number of rotatable bonds is 13. The maximum Gasteiger partial charge on any atom is 0.229 e. The highest BCUT2D eigenvalue weighted by atomic mass is 32.2. The van der Waals surface area contributed by atoms with Crippen molar-refractivity contribution in [3.05, 3.63) is 42.5 Å². The summed E-state index contributed by atoms with van der Waals surface area (Å²) in [7, 11) is 1.66. The average molecular weight is 488 g/mol. The van der Waals surface area contributed by atoms with Gasteiger partial charge < -0.3 is 14.4 Å². The molecule has 3 aromatic rings. The van der Waals surface area contributed by atoms with E-state index in [-0.39, 0.29) is 5.91 Å². The summed E-state index contributed by atoms with van der Waals surface area (Å²) in [6.45, 7) is 10.3. The number of likely N-dealkylation sites (N-methyl/N-ethyl adjacent to an activating group) is 1. The van der Waals surface area contributed by atoms with Gasteiger partial charge in [-0.3, -0.25) is 9.69 Å². The molecule has 0 radical (unpaired) electrons. The minimum Gasteiger partial charge on any atom is -0.497 e. The van der Waals surface area contributed by atoms with E-state index in [1.165, 1.54) is 0 Å². The standard InChI is InChI=1S/C25H33N3O3S2/c1-5-27(6-2)15-16-28(24(29)14-17-32-21-11-8-19(30-4)9-12-21)25-26-22-13-10-20(31-7-3)18-23(22)33-25/h8-13,18H,5-7,14-17H2,1-4H3. The lowest BCUT2D eigenvalue weighted by molar-refractivity contribution is -0.118. The number of ether oxygens (including phenoxy) is 2. The zero-order valence-electron chi connectivity index (χ0n) is 19.9. The molecule has 0 saturated carbocycles. The van der Waals surface area contributed by atoms with Crippen LogP contribution in [0.25, 0.3) is 10.2 Å². The highest BCUT2D eigenvalue weighted by molar-refractivity contribution is 7.99. The van der Waals surface area contributed by atoms with Crippen LogP contribution >= 0.6 is 23.1 Å². The fraction of sp³-hybridized carbons (Fsp3) is 0.440. The third kappa shape index (κ3) is 7.09. The Morgan fingerprint density at radius 2 is 1.76 bits per heavy atom. The molecule has 0 bridgehead atoms. The number of carbonyl (C=O) groups excluding carboxylic acids is 1. The van der Waals surface area contributed by atoms with Gasteiger partial charge in [0.15, 0.2) is 5.13 Å². The van der Waals surface area contributed by atoms with E-state index in [1.54, 1.807) is 30.2 Å². The van der Waals surface area contributed by atoms with E-state index in [2.05, 4.69) is 18.7 Å². The number of amides is 1. The zero-order valence-corrected chi connectivity index (χ0v) is 21.5. The van der Waals surface area contributed by atoms with Crippen molar-refractivity contribution in [2.45, 2.75) is 32.1 Å². The molecular formula is C25H33N3O3S2. The van der Waals surface area contributed by atoms with Crippen molar-refractivity contribution < 1.29 is 14.3 Å². The van der Waals surface area contributed by atoms with Gasteiger partial charge in [0, 0.05) is 30.2 Å². The number of methoxy groups -OCH3 is 1. The summed E-state index contributed by atoms with van der Waals surface area (Å²) >= 11 is 3.23. The molecule has 2 aromatic carbocycles. The molecule has 178 valence electrons. The van der Waals surface area contributed by atoms with Gasteiger partial charge in [0.25, 0.3) is 0 Å². The first-order valence-electron chi connectivity index (χ1n) is 11.4. The number of thioether (sulfide) groups is 1. The van der Waals surface area contributed by atoms with Crippen LogP contribution in [0.3, 0.4) is 0 Å². The van der Waals surface area contributed by atoms with Crippen LogP contribution in [0.4, 0.5) is 5.13 Å². The summed E-state index contributed by atoms with van der Waals surface area (Å²) in [5, 5.41) is 0.755. The van der Waals surface area contributed by atoms with Crippen molar-refractivity contribution in [3.63, 3.8) is 0 Å². The number of hydrogen-bond acceptors (Lipinski definition) is 7. The first-order valence-corrected chi connectivity index (χ1v) is 13.2. The van der Waals surface area contributed by atoms with Gasteiger partial charge in [0.1, 0.15) is 11.5 Å². The molecule has 0 spiro atoms. The van der Waals surface area contributed by atoms with Crippen molar-refractivity contribution in [3.8, 4) is 11.5 Å². The summed E-state index contributed by atoms with van der Waals surface area (Å²) in [5.74, 6) is 2.48. The van der Waals surface area contributed by atoms with E-state index in [1.807, 2.05) is 54.3 Å². The summed E-state index contributed by atoms with van der Waals surface area (Å²) < 4.78 is 11.9. The van der Waals surface area contributed by atoms with E-state index in [0.717, 1.165) is 51.4 Å². The van der Waals surface area contributed by atoms with E-state index in [4.69, 9.17) is 14.5 Å². The zero-order chi connectivity index (χ0) is 23.6.